The molecule has 0 aliphatic carbocycles. The molecule has 0 spiro atoms. The van der Waals surface area contributed by atoms with Crippen molar-refractivity contribution in [1.82, 2.24) is 5.32 Å². The maximum Gasteiger partial charge on any atom is 0.335 e. The first kappa shape index (κ1) is 19.3. The first-order valence-corrected chi connectivity index (χ1v) is 8.87. The summed E-state index contributed by atoms with van der Waals surface area (Å²) in [4.78, 5) is 23.4. The average molecular weight is 394 g/mol. The number of furan rings is 1. The monoisotopic (exact) mass is 394 g/mol. The van der Waals surface area contributed by atoms with Crippen LogP contribution in [0.3, 0.4) is 0 Å². The summed E-state index contributed by atoms with van der Waals surface area (Å²) >= 11 is 5.12. The van der Waals surface area contributed by atoms with E-state index >= 15 is 0 Å². The van der Waals surface area contributed by atoms with Gasteiger partial charge in [-0.25, -0.2) is 4.79 Å². The van der Waals surface area contributed by atoms with Crippen LogP contribution in [0.15, 0.2) is 59.0 Å². The van der Waals surface area contributed by atoms with E-state index in [9.17, 15) is 9.59 Å². The summed E-state index contributed by atoms with van der Waals surface area (Å²) < 4.78 is 5.65. The molecule has 28 heavy (non-hydrogen) atoms. The maximum absolute atomic E-state index is 12.4. The van der Waals surface area contributed by atoms with Crippen molar-refractivity contribution in [1.29, 1.82) is 0 Å². The van der Waals surface area contributed by atoms with E-state index in [4.69, 9.17) is 21.7 Å². The summed E-state index contributed by atoms with van der Waals surface area (Å²) in [6.45, 7) is 4.04. The molecule has 0 radical (unpaired) electrons. The van der Waals surface area contributed by atoms with Gasteiger partial charge in [-0.05, 0) is 73.6 Å². The summed E-state index contributed by atoms with van der Waals surface area (Å²) in [5.74, 6) is -0.840. The van der Waals surface area contributed by atoms with Crippen LogP contribution in [-0.2, 0) is 0 Å². The number of aromatic carboxylic acids is 1. The van der Waals surface area contributed by atoms with Crippen LogP contribution >= 0.6 is 12.2 Å². The molecule has 0 unspecified atom stereocenters. The third kappa shape index (κ3) is 4.44. The number of aryl methyl sites for hydroxylation is 2. The van der Waals surface area contributed by atoms with Crippen molar-refractivity contribution in [3.63, 3.8) is 0 Å². The zero-order valence-corrected chi connectivity index (χ0v) is 16.1. The molecule has 6 nitrogen and oxygen atoms in total. The summed E-state index contributed by atoms with van der Waals surface area (Å²) in [6, 6.07) is 15.4. The Morgan fingerprint density at radius 3 is 2.50 bits per heavy atom. The predicted octanol–water partition coefficient (Wildman–Crippen LogP) is 4.39. The van der Waals surface area contributed by atoms with Crippen molar-refractivity contribution < 1.29 is 19.1 Å². The molecule has 1 aromatic heterocycles. The van der Waals surface area contributed by atoms with Crippen LogP contribution in [0.5, 0.6) is 0 Å². The Morgan fingerprint density at radius 2 is 1.79 bits per heavy atom. The Bertz CT molecular complexity index is 1070. The van der Waals surface area contributed by atoms with E-state index in [1.54, 1.807) is 24.3 Å². The number of hydrogen-bond acceptors (Lipinski definition) is 4. The highest BCUT2D eigenvalue weighted by Crippen LogP contribution is 2.24. The van der Waals surface area contributed by atoms with Gasteiger partial charge in [-0.2, -0.15) is 0 Å². The predicted molar refractivity (Wildman–Crippen MR) is 111 cm³/mol. The first-order chi connectivity index (χ1) is 13.3. The number of thiocarbonyl (C=S) groups is 1. The molecular weight excluding hydrogens is 376 g/mol. The van der Waals surface area contributed by atoms with Crippen molar-refractivity contribution in [3.8, 4) is 11.3 Å². The van der Waals surface area contributed by atoms with E-state index in [0.717, 1.165) is 11.1 Å². The molecular formula is C21H18N2O4S. The van der Waals surface area contributed by atoms with E-state index in [1.807, 2.05) is 32.0 Å². The second kappa shape index (κ2) is 8.06. The highest BCUT2D eigenvalue weighted by atomic mass is 32.1. The minimum Gasteiger partial charge on any atom is -0.478 e. The van der Waals surface area contributed by atoms with Gasteiger partial charge in [0.25, 0.3) is 5.91 Å². The number of carboxylic acid groups (broad SMARTS) is 1. The van der Waals surface area contributed by atoms with E-state index in [0.29, 0.717) is 11.4 Å². The standard InChI is InChI=1S/C21H18N2O4S/c1-12-6-7-14(10-13(12)2)17-8-9-18(27-17)19(24)23-21(28)22-16-5-3-4-15(11-16)20(25)26/h3-11H,1-2H3,(H,25,26)(H2,22,23,24,28). The number of hydrogen-bond donors (Lipinski definition) is 3. The smallest absolute Gasteiger partial charge is 0.335 e. The molecule has 1 amide bonds. The SMILES string of the molecule is Cc1ccc(-c2ccc(C(=O)NC(=S)Nc3cccc(C(=O)O)c3)o2)cc1C. The van der Waals surface area contributed by atoms with Crippen LogP contribution in [0, 0.1) is 13.8 Å². The van der Waals surface area contributed by atoms with Crippen LogP contribution in [-0.4, -0.2) is 22.1 Å². The normalized spacial score (nSPS) is 10.4. The van der Waals surface area contributed by atoms with Crippen molar-refractivity contribution in [2.45, 2.75) is 13.8 Å². The molecule has 0 fully saturated rings. The number of carboxylic acids is 1. The summed E-state index contributed by atoms with van der Waals surface area (Å²) in [5.41, 5.74) is 3.77. The quantitative estimate of drug-likeness (QED) is 0.569. The number of nitrogens with one attached hydrogen (secondary N) is 2. The second-order valence-electron chi connectivity index (χ2n) is 6.26. The van der Waals surface area contributed by atoms with Crippen molar-refractivity contribution >= 4 is 34.9 Å². The largest absolute Gasteiger partial charge is 0.478 e. The molecule has 0 bridgehead atoms. The zero-order chi connectivity index (χ0) is 20.3. The van der Waals surface area contributed by atoms with Crippen LogP contribution in [0.1, 0.15) is 32.0 Å². The van der Waals surface area contributed by atoms with Gasteiger partial charge in [-0.3, -0.25) is 10.1 Å². The number of amides is 1. The van der Waals surface area contributed by atoms with Gasteiger partial charge in [0.15, 0.2) is 10.9 Å². The first-order valence-electron chi connectivity index (χ1n) is 8.46. The number of carbonyl (C=O) groups excluding carboxylic acids is 1. The second-order valence-corrected chi connectivity index (χ2v) is 6.67. The van der Waals surface area contributed by atoms with Crippen LogP contribution < -0.4 is 10.6 Å². The van der Waals surface area contributed by atoms with E-state index in [2.05, 4.69) is 10.6 Å². The van der Waals surface area contributed by atoms with Gasteiger partial charge in [-0.1, -0.05) is 18.2 Å². The highest BCUT2D eigenvalue weighted by molar-refractivity contribution is 7.80. The molecule has 0 aliphatic heterocycles. The molecule has 3 rings (SSSR count). The van der Waals surface area contributed by atoms with Gasteiger partial charge in [0.2, 0.25) is 0 Å². The molecule has 0 aliphatic rings. The Labute approximate surface area is 167 Å². The zero-order valence-electron chi connectivity index (χ0n) is 15.3. The van der Waals surface area contributed by atoms with Crippen LogP contribution in [0.2, 0.25) is 0 Å². The van der Waals surface area contributed by atoms with Gasteiger partial charge in [0.05, 0.1) is 5.56 Å². The molecule has 0 saturated carbocycles. The number of rotatable bonds is 4. The summed E-state index contributed by atoms with van der Waals surface area (Å²) in [6.07, 6.45) is 0. The third-order valence-corrected chi connectivity index (χ3v) is 4.42. The van der Waals surface area contributed by atoms with Gasteiger partial charge in [0, 0.05) is 11.3 Å². The fourth-order valence-electron chi connectivity index (χ4n) is 2.57. The highest BCUT2D eigenvalue weighted by Gasteiger charge is 2.14. The van der Waals surface area contributed by atoms with Gasteiger partial charge in [-0.15, -0.1) is 0 Å². The lowest BCUT2D eigenvalue weighted by atomic mass is 10.1. The molecule has 0 saturated heterocycles. The van der Waals surface area contributed by atoms with Crippen LogP contribution in [0.25, 0.3) is 11.3 Å². The average Bonchev–Trinajstić information content (AvgIpc) is 3.14. The van der Waals surface area contributed by atoms with Gasteiger partial charge < -0.3 is 14.8 Å². The number of benzene rings is 2. The lowest BCUT2D eigenvalue weighted by molar-refractivity contribution is 0.0696. The molecule has 3 aromatic rings. The Balaban J connectivity index is 1.67. The summed E-state index contributed by atoms with van der Waals surface area (Å²) in [7, 11) is 0. The third-order valence-electron chi connectivity index (χ3n) is 4.22. The molecule has 7 heteroatoms. The Kier molecular flexibility index (Phi) is 5.56. The van der Waals surface area contributed by atoms with Crippen molar-refractivity contribution in [2.24, 2.45) is 0 Å². The lowest BCUT2D eigenvalue weighted by Crippen LogP contribution is -2.33. The van der Waals surface area contributed by atoms with Gasteiger partial charge in [0.1, 0.15) is 5.76 Å². The fraction of sp³-hybridized carbons (Fsp3) is 0.0952. The number of anilines is 1. The lowest BCUT2D eigenvalue weighted by Gasteiger charge is -2.09. The number of carbonyl (C=O) groups is 2. The minimum atomic E-state index is -1.05. The van der Waals surface area contributed by atoms with Crippen molar-refractivity contribution in [3.05, 3.63) is 77.0 Å². The fourth-order valence-corrected chi connectivity index (χ4v) is 2.78. The molecule has 0 atom stereocenters. The molecule has 142 valence electrons. The van der Waals surface area contributed by atoms with Gasteiger partial charge >= 0.3 is 5.97 Å². The van der Waals surface area contributed by atoms with E-state index in [-0.39, 0.29) is 16.4 Å². The van der Waals surface area contributed by atoms with E-state index in [1.165, 1.54) is 17.7 Å². The van der Waals surface area contributed by atoms with Crippen LogP contribution in [0.4, 0.5) is 5.69 Å². The Morgan fingerprint density at radius 1 is 1.00 bits per heavy atom. The molecule has 2 aromatic carbocycles. The minimum absolute atomic E-state index is 0.0386. The van der Waals surface area contributed by atoms with Crippen molar-refractivity contribution in [2.75, 3.05) is 5.32 Å². The summed E-state index contributed by atoms with van der Waals surface area (Å²) in [5, 5.41) is 14.4. The molecule has 1 heterocycles. The van der Waals surface area contributed by atoms with E-state index < -0.39 is 11.9 Å². The molecule has 3 N–H and O–H groups in total. The Hall–Kier alpha value is -3.45. The topological polar surface area (TPSA) is 91.6 Å². The maximum atomic E-state index is 12.4.